The van der Waals surface area contributed by atoms with Crippen LogP contribution in [-0.4, -0.2) is 54.6 Å². The molecular weight excluding hydrogens is 364 g/mol. The molecule has 0 unspecified atom stereocenters. The summed E-state index contributed by atoms with van der Waals surface area (Å²) in [6, 6.07) is 14.7. The molecule has 1 fully saturated rings. The van der Waals surface area contributed by atoms with Gasteiger partial charge in [-0.3, -0.25) is 0 Å². The van der Waals surface area contributed by atoms with Gasteiger partial charge in [0.05, 0.1) is 26.9 Å². The molecule has 0 radical (unpaired) electrons. The average Bonchev–Trinajstić information content (AvgIpc) is 2.72. The molecule has 2 N–H and O–H groups in total. The summed E-state index contributed by atoms with van der Waals surface area (Å²) in [5.74, 6) is 1.21. The lowest BCUT2D eigenvalue weighted by Crippen LogP contribution is -2.61. The zero-order valence-electron chi connectivity index (χ0n) is 15.6. The topological polar surface area (TPSA) is 86.6 Å². The minimum Gasteiger partial charge on any atom is -0.497 e. The van der Waals surface area contributed by atoms with Crippen LogP contribution in [0.15, 0.2) is 48.5 Å². The Hall–Kier alpha value is -2.16. The molecule has 2 aliphatic heterocycles. The van der Waals surface area contributed by atoms with Gasteiger partial charge in [0, 0.05) is 0 Å². The van der Waals surface area contributed by atoms with Crippen LogP contribution in [0.4, 0.5) is 0 Å². The first-order valence-electron chi connectivity index (χ1n) is 9.24. The van der Waals surface area contributed by atoms with Crippen LogP contribution in [0.1, 0.15) is 11.1 Å². The second-order valence-electron chi connectivity index (χ2n) is 6.88. The zero-order chi connectivity index (χ0) is 19.5. The zero-order valence-corrected chi connectivity index (χ0v) is 15.6. The molecule has 0 aliphatic carbocycles. The molecular formula is C21H24O7. The van der Waals surface area contributed by atoms with E-state index in [2.05, 4.69) is 0 Å². The number of rotatable bonds is 3. The molecule has 4 rings (SSSR count). The highest BCUT2D eigenvalue weighted by molar-refractivity contribution is 5.31. The van der Waals surface area contributed by atoms with Crippen molar-refractivity contribution in [1.82, 2.24) is 0 Å². The second kappa shape index (κ2) is 8.46. The first kappa shape index (κ1) is 19.2. The number of methoxy groups -OCH3 is 1. The van der Waals surface area contributed by atoms with Crippen molar-refractivity contribution in [2.24, 2.45) is 0 Å². The van der Waals surface area contributed by atoms with Crippen LogP contribution in [0.25, 0.3) is 0 Å². The molecule has 0 spiro atoms. The molecule has 0 amide bonds. The highest BCUT2D eigenvalue weighted by Crippen LogP contribution is 2.29. The third kappa shape index (κ3) is 3.99. The minimum atomic E-state index is -1.17. The molecule has 2 heterocycles. The van der Waals surface area contributed by atoms with Gasteiger partial charge in [-0.05, 0) is 35.4 Å². The molecule has 0 saturated carbocycles. The average molecular weight is 388 g/mol. The van der Waals surface area contributed by atoms with Gasteiger partial charge in [0.2, 0.25) is 6.29 Å². The fourth-order valence-corrected chi connectivity index (χ4v) is 3.43. The molecule has 7 heteroatoms. The third-order valence-corrected chi connectivity index (χ3v) is 5.04. The van der Waals surface area contributed by atoms with Crippen molar-refractivity contribution < 1.29 is 33.9 Å². The van der Waals surface area contributed by atoms with Crippen molar-refractivity contribution in [3.63, 3.8) is 0 Å². The quantitative estimate of drug-likeness (QED) is 0.827. The van der Waals surface area contributed by atoms with Crippen molar-refractivity contribution in [3.8, 4) is 11.5 Å². The maximum atomic E-state index is 10.7. The van der Waals surface area contributed by atoms with Gasteiger partial charge in [0.25, 0.3) is 0 Å². The fraction of sp³-hybridized carbons (Fsp3) is 0.429. The Bertz CT molecular complexity index is 779. The summed E-state index contributed by atoms with van der Waals surface area (Å²) in [5, 5.41) is 21.4. The summed E-state index contributed by atoms with van der Waals surface area (Å²) < 4.78 is 28.4. The summed E-state index contributed by atoms with van der Waals surface area (Å²) in [7, 11) is 1.58. The van der Waals surface area contributed by atoms with Gasteiger partial charge >= 0.3 is 0 Å². The van der Waals surface area contributed by atoms with Gasteiger partial charge in [0.15, 0.2) is 0 Å². The normalized spacial score (nSPS) is 30.2. The van der Waals surface area contributed by atoms with Gasteiger partial charge in [-0.2, -0.15) is 0 Å². The molecule has 150 valence electrons. The van der Waals surface area contributed by atoms with Gasteiger partial charge in [-0.15, -0.1) is 0 Å². The lowest BCUT2D eigenvalue weighted by Gasteiger charge is -2.42. The molecule has 0 aromatic heterocycles. The standard InChI is InChI=1S/C21H24O7/c1-24-15-6-8-16(9-7-15)27-21-19(23)20-18(22)17(28-21)12-25-10-13-4-2-3-5-14(13)11-26-20/h2-9,17-23H,10-12H2,1H3/t17-,18-,19-,20+,21-/m1/s1. The first-order chi connectivity index (χ1) is 13.7. The van der Waals surface area contributed by atoms with E-state index < -0.39 is 30.7 Å². The highest BCUT2D eigenvalue weighted by Gasteiger charge is 2.47. The van der Waals surface area contributed by atoms with E-state index >= 15 is 0 Å². The summed E-state index contributed by atoms with van der Waals surface area (Å²) >= 11 is 0. The summed E-state index contributed by atoms with van der Waals surface area (Å²) in [6.07, 6.45) is -4.74. The molecule has 2 aliphatic rings. The Labute approximate surface area is 163 Å². The van der Waals surface area contributed by atoms with Crippen molar-refractivity contribution >= 4 is 0 Å². The van der Waals surface area contributed by atoms with E-state index in [0.29, 0.717) is 18.1 Å². The highest BCUT2D eigenvalue weighted by atomic mass is 16.7. The molecule has 5 atom stereocenters. The molecule has 28 heavy (non-hydrogen) atoms. The maximum Gasteiger partial charge on any atom is 0.229 e. The lowest BCUT2D eigenvalue weighted by molar-refractivity contribution is -0.291. The van der Waals surface area contributed by atoms with Crippen LogP contribution < -0.4 is 9.47 Å². The van der Waals surface area contributed by atoms with E-state index in [1.54, 1.807) is 31.4 Å². The van der Waals surface area contributed by atoms with Crippen LogP contribution in [0.5, 0.6) is 11.5 Å². The van der Waals surface area contributed by atoms with Crippen LogP contribution in [0.3, 0.4) is 0 Å². The molecule has 1 saturated heterocycles. The number of ether oxygens (including phenoxy) is 5. The van der Waals surface area contributed by atoms with Crippen molar-refractivity contribution in [1.29, 1.82) is 0 Å². The van der Waals surface area contributed by atoms with Gasteiger partial charge in [-0.25, -0.2) is 0 Å². The smallest absolute Gasteiger partial charge is 0.229 e. The molecule has 2 bridgehead atoms. The van der Waals surface area contributed by atoms with E-state index in [9.17, 15) is 10.2 Å². The maximum absolute atomic E-state index is 10.7. The monoisotopic (exact) mass is 388 g/mol. The van der Waals surface area contributed by atoms with E-state index in [1.807, 2.05) is 24.3 Å². The first-order valence-corrected chi connectivity index (χ1v) is 9.24. The van der Waals surface area contributed by atoms with Crippen LogP contribution in [0.2, 0.25) is 0 Å². The Morgan fingerprint density at radius 2 is 1.57 bits per heavy atom. The second-order valence-corrected chi connectivity index (χ2v) is 6.88. The van der Waals surface area contributed by atoms with E-state index in [1.165, 1.54) is 0 Å². The van der Waals surface area contributed by atoms with Crippen molar-refractivity contribution in [2.45, 2.75) is 43.9 Å². The molecule has 2 aromatic carbocycles. The van der Waals surface area contributed by atoms with E-state index in [0.717, 1.165) is 11.1 Å². The summed E-state index contributed by atoms with van der Waals surface area (Å²) in [5.41, 5.74) is 1.97. The summed E-state index contributed by atoms with van der Waals surface area (Å²) in [6.45, 7) is 0.800. The number of hydrogen-bond donors (Lipinski definition) is 2. The summed E-state index contributed by atoms with van der Waals surface area (Å²) in [4.78, 5) is 0. The number of benzene rings is 2. The van der Waals surface area contributed by atoms with E-state index in [4.69, 9.17) is 23.7 Å². The van der Waals surface area contributed by atoms with Crippen LogP contribution in [-0.2, 0) is 27.4 Å². The SMILES string of the molecule is COc1ccc(O[C@@H]2O[C@@H]3COCc4ccccc4CO[C@H]([C@H]2O)[C@@H]3O)cc1. The predicted octanol–water partition coefficient (Wildman–Crippen LogP) is 1.64. The Balaban J connectivity index is 1.53. The van der Waals surface area contributed by atoms with E-state index in [-0.39, 0.29) is 13.2 Å². The lowest BCUT2D eigenvalue weighted by atomic mass is 9.98. The Kier molecular flexibility index (Phi) is 5.79. The Morgan fingerprint density at radius 3 is 2.29 bits per heavy atom. The van der Waals surface area contributed by atoms with Crippen molar-refractivity contribution in [3.05, 3.63) is 59.7 Å². The minimum absolute atomic E-state index is 0.157. The number of aliphatic hydroxyl groups excluding tert-OH is 2. The van der Waals surface area contributed by atoms with Gasteiger partial charge in [-0.1, -0.05) is 24.3 Å². The predicted molar refractivity (Wildman–Crippen MR) is 99.0 cm³/mol. The largest absolute Gasteiger partial charge is 0.497 e. The van der Waals surface area contributed by atoms with Crippen LogP contribution in [0, 0.1) is 0 Å². The number of hydrogen-bond acceptors (Lipinski definition) is 7. The van der Waals surface area contributed by atoms with Gasteiger partial charge in [0.1, 0.15) is 35.9 Å². The Morgan fingerprint density at radius 1 is 0.893 bits per heavy atom. The molecule has 2 aromatic rings. The molecule has 7 nitrogen and oxygen atoms in total. The number of aliphatic hydroxyl groups is 2. The van der Waals surface area contributed by atoms with Gasteiger partial charge < -0.3 is 33.9 Å². The third-order valence-electron chi connectivity index (χ3n) is 5.04. The van der Waals surface area contributed by atoms with Crippen LogP contribution >= 0.6 is 0 Å². The fourth-order valence-electron chi connectivity index (χ4n) is 3.43. The van der Waals surface area contributed by atoms with Crippen molar-refractivity contribution in [2.75, 3.05) is 13.7 Å². The number of fused-ring (bicyclic) bond motifs is 3.